The molecular weight excluding hydrogens is 210 g/mol. The van der Waals surface area contributed by atoms with Gasteiger partial charge < -0.3 is 10.1 Å². The average molecular weight is 231 g/mol. The van der Waals surface area contributed by atoms with Gasteiger partial charge >= 0.3 is 0 Å². The molecule has 0 radical (unpaired) electrons. The van der Waals surface area contributed by atoms with E-state index >= 15 is 0 Å². The predicted octanol–water partition coefficient (Wildman–Crippen LogP) is 1.06. The first-order valence-corrected chi connectivity index (χ1v) is 7.39. The van der Waals surface area contributed by atoms with Crippen LogP contribution in [0, 0.1) is 0 Å². The van der Waals surface area contributed by atoms with E-state index in [0.717, 1.165) is 37.5 Å². The van der Waals surface area contributed by atoms with Gasteiger partial charge in [0.2, 0.25) is 0 Å². The molecule has 1 N–H and O–H groups in total. The Balaban J connectivity index is 1.71. The minimum atomic E-state index is -0.548. The minimum absolute atomic E-state index is 0.0522. The molecule has 0 aromatic heterocycles. The maximum atomic E-state index is 11.2. The van der Waals surface area contributed by atoms with Crippen LogP contribution in [0.25, 0.3) is 0 Å². The first-order valence-electron chi connectivity index (χ1n) is 5.90. The van der Waals surface area contributed by atoms with Gasteiger partial charge in [-0.05, 0) is 32.6 Å². The van der Waals surface area contributed by atoms with Crippen molar-refractivity contribution in [1.82, 2.24) is 5.32 Å². The van der Waals surface area contributed by atoms with E-state index in [1.807, 2.05) is 0 Å². The molecule has 0 spiro atoms. The zero-order valence-corrected chi connectivity index (χ0v) is 10.3. The van der Waals surface area contributed by atoms with E-state index < -0.39 is 10.8 Å². The molecule has 0 amide bonds. The van der Waals surface area contributed by atoms with Crippen LogP contribution in [-0.2, 0) is 15.5 Å². The third-order valence-electron chi connectivity index (χ3n) is 3.45. The fraction of sp³-hybridized carbons (Fsp3) is 1.00. The van der Waals surface area contributed by atoms with Crippen molar-refractivity contribution in [3.63, 3.8) is 0 Å². The van der Waals surface area contributed by atoms with E-state index in [9.17, 15) is 4.21 Å². The third-order valence-corrected chi connectivity index (χ3v) is 4.84. The molecule has 1 atom stereocenters. The number of nitrogens with one attached hydrogen (secondary N) is 1. The molecule has 0 bridgehead atoms. The Morgan fingerprint density at radius 1 is 1.47 bits per heavy atom. The van der Waals surface area contributed by atoms with Crippen molar-refractivity contribution in [1.29, 1.82) is 0 Å². The summed E-state index contributed by atoms with van der Waals surface area (Å²) in [7, 11) is -0.548. The maximum Gasteiger partial charge on any atom is 0.0779 e. The average Bonchev–Trinajstić information content (AvgIpc) is 2.65. The number of ether oxygens (including phenoxy) is 1. The van der Waals surface area contributed by atoms with Crippen molar-refractivity contribution in [3.05, 3.63) is 0 Å². The van der Waals surface area contributed by atoms with Crippen LogP contribution in [0.4, 0.5) is 0 Å². The van der Waals surface area contributed by atoms with Gasteiger partial charge in [-0.25, -0.2) is 0 Å². The lowest BCUT2D eigenvalue weighted by Crippen LogP contribution is -2.44. The number of hydrogen-bond acceptors (Lipinski definition) is 3. The highest BCUT2D eigenvalue weighted by Crippen LogP contribution is 2.24. The molecule has 2 aliphatic rings. The van der Waals surface area contributed by atoms with Crippen LogP contribution in [-0.4, -0.2) is 40.5 Å². The van der Waals surface area contributed by atoms with Gasteiger partial charge in [-0.2, -0.15) is 0 Å². The normalized spacial score (nSPS) is 41.9. The number of hydrogen-bond donors (Lipinski definition) is 1. The molecule has 2 aliphatic heterocycles. The second kappa shape index (κ2) is 4.93. The first-order chi connectivity index (χ1) is 7.18. The zero-order valence-electron chi connectivity index (χ0n) is 9.46. The lowest BCUT2D eigenvalue weighted by molar-refractivity contribution is 0.0185. The van der Waals surface area contributed by atoms with E-state index in [0.29, 0.717) is 6.04 Å². The van der Waals surface area contributed by atoms with Gasteiger partial charge in [-0.15, -0.1) is 0 Å². The SMILES string of the molecule is CC1(CNC2CCS(=O)CC2)CCCO1. The van der Waals surface area contributed by atoms with E-state index in [-0.39, 0.29) is 5.60 Å². The summed E-state index contributed by atoms with van der Waals surface area (Å²) in [5, 5.41) is 3.57. The molecule has 2 rings (SSSR count). The molecule has 0 saturated carbocycles. The summed E-state index contributed by atoms with van der Waals surface area (Å²) in [6.07, 6.45) is 4.47. The monoisotopic (exact) mass is 231 g/mol. The summed E-state index contributed by atoms with van der Waals surface area (Å²) in [6, 6.07) is 0.559. The number of rotatable bonds is 3. The summed E-state index contributed by atoms with van der Waals surface area (Å²) in [4.78, 5) is 0. The molecule has 4 heteroatoms. The van der Waals surface area contributed by atoms with Crippen LogP contribution in [0.15, 0.2) is 0 Å². The van der Waals surface area contributed by atoms with E-state index in [2.05, 4.69) is 12.2 Å². The minimum Gasteiger partial charge on any atom is -0.374 e. The van der Waals surface area contributed by atoms with Gasteiger partial charge in [0.15, 0.2) is 0 Å². The summed E-state index contributed by atoms with van der Waals surface area (Å²) >= 11 is 0. The molecule has 0 aromatic carbocycles. The topological polar surface area (TPSA) is 38.3 Å². The van der Waals surface area contributed by atoms with Crippen LogP contribution in [0.5, 0.6) is 0 Å². The van der Waals surface area contributed by atoms with E-state index in [1.165, 1.54) is 12.8 Å². The zero-order chi connectivity index (χ0) is 10.7. The smallest absolute Gasteiger partial charge is 0.0779 e. The summed E-state index contributed by atoms with van der Waals surface area (Å²) in [6.45, 7) is 4.05. The Morgan fingerprint density at radius 2 is 2.20 bits per heavy atom. The van der Waals surface area contributed by atoms with E-state index in [4.69, 9.17) is 4.74 Å². The van der Waals surface area contributed by atoms with Crippen molar-refractivity contribution in [2.45, 2.75) is 44.2 Å². The van der Waals surface area contributed by atoms with Gasteiger partial charge in [-0.1, -0.05) is 0 Å². The van der Waals surface area contributed by atoms with Crippen LogP contribution < -0.4 is 5.32 Å². The molecular formula is C11H21NO2S. The highest BCUT2D eigenvalue weighted by atomic mass is 32.2. The van der Waals surface area contributed by atoms with Crippen LogP contribution in [0.3, 0.4) is 0 Å². The Morgan fingerprint density at radius 3 is 2.80 bits per heavy atom. The van der Waals surface area contributed by atoms with E-state index in [1.54, 1.807) is 0 Å². The highest BCUT2D eigenvalue weighted by molar-refractivity contribution is 7.85. The second-order valence-corrected chi connectivity index (χ2v) is 6.60. The highest BCUT2D eigenvalue weighted by Gasteiger charge is 2.30. The maximum absolute atomic E-state index is 11.2. The molecule has 2 fully saturated rings. The lowest BCUT2D eigenvalue weighted by atomic mass is 10.0. The quantitative estimate of drug-likeness (QED) is 0.789. The van der Waals surface area contributed by atoms with Crippen molar-refractivity contribution in [2.75, 3.05) is 24.7 Å². The Labute approximate surface area is 94.4 Å². The van der Waals surface area contributed by atoms with Gasteiger partial charge in [0.1, 0.15) is 0 Å². The molecule has 15 heavy (non-hydrogen) atoms. The van der Waals surface area contributed by atoms with Crippen molar-refractivity contribution < 1.29 is 8.95 Å². The summed E-state index contributed by atoms with van der Waals surface area (Å²) < 4.78 is 16.9. The van der Waals surface area contributed by atoms with Gasteiger partial charge in [0, 0.05) is 41.5 Å². The van der Waals surface area contributed by atoms with Gasteiger partial charge in [-0.3, -0.25) is 4.21 Å². The third kappa shape index (κ3) is 3.26. The van der Waals surface area contributed by atoms with Crippen LogP contribution in [0.1, 0.15) is 32.6 Å². The van der Waals surface area contributed by atoms with Gasteiger partial charge in [0.05, 0.1) is 5.60 Å². The fourth-order valence-corrected chi connectivity index (χ4v) is 3.63. The largest absolute Gasteiger partial charge is 0.374 e. The molecule has 1 unspecified atom stereocenters. The molecule has 2 heterocycles. The molecule has 3 nitrogen and oxygen atoms in total. The van der Waals surface area contributed by atoms with Crippen LogP contribution in [0.2, 0.25) is 0 Å². The molecule has 88 valence electrons. The summed E-state index contributed by atoms with van der Waals surface area (Å²) in [5.41, 5.74) is 0.0522. The Hall–Kier alpha value is 0.0700. The van der Waals surface area contributed by atoms with Gasteiger partial charge in [0.25, 0.3) is 0 Å². The van der Waals surface area contributed by atoms with Crippen molar-refractivity contribution in [3.8, 4) is 0 Å². The summed E-state index contributed by atoms with van der Waals surface area (Å²) in [5.74, 6) is 1.74. The first kappa shape index (κ1) is 11.6. The molecule has 0 aliphatic carbocycles. The van der Waals surface area contributed by atoms with Crippen molar-refractivity contribution >= 4 is 10.8 Å². The Bertz CT molecular complexity index is 229. The Kier molecular flexibility index (Phi) is 3.80. The predicted molar refractivity (Wildman–Crippen MR) is 62.5 cm³/mol. The molecule has 2 saturated heterocycles. The second-order valence-electron chi connectivity index (χ2n) is 4.91. The molecule has 0 aromatic rings. The van der Waals surface area contributed by atoms with Crippen LogP contribution >= 0.6 is 0 Å². The lowest BCUT2D eigenvalue weighted by Gasteiger charge is -2.29. The fourth-order valence-electron chi connectivity index (χ4n) is 2.33. The van der Waals surface area contributed by atoms with Crippen molar-refractivity contribution in [2.24, 2.45) is 0 Å². The standard InChI is InChI=1S/C11H21NO2S/c1-11(5-2-6-14-11)9-12-10-3-7-15(13)8-4-10/h10,12H,2-9H2,1H3.